The summed E-state index contributed by atoms with van der Waals surface area (Å²) in [5.41, 5.74) is 0. The number of rotatable bonds is 0. The van der Waals surface area contributed by atoms with Gasteiger partial charge in [-0.15, -0.1) is 0 Å². The van der Waals surface area contributed by atoms with Crippen LogP contribution in [0.4, 0.5) is 0 Å². The standard InChI is InChI=1S/3C4H8O2.8C3H5.2Li.2Nd/c3*1-2-6-4-3-5-1;8*1-3-2;;;;/h3*1-4H2;8*3H,1-2H2;;;;/q;;;;;;;;;;;2*+1;2*+3. The molecule has 0 amide bonds. The van der Waals surface area contributed by atoms with E-state index >= 15 is 0 Å². The normalized spacial score (nSPS) is 12.5. The van der Waals surface area contributed by atoms with Crippen molar-refractivity contribution in [3.63, 3.8) is 0 Å². The zero-order valence-electron chi connectivity index (χ0n) is 29.9. The van der Waals surface area contributed by atoms with Gasteiger partial charge in [-0.3, -0.25) is 0 Å². The second-order valence-electron chi connectivity index (χ2n) is 5.98. The Morgan fingerprint density at radius 2 is 0.261 bits per heavy atom. The van der Waals surface area contributed by atoms with Crippen LogP contribution in [0.15, 0.2) is 0 Å². The summed E-state index contributed by atoms with van der Waals surface area (Å²) in [5.74, 6) is 0. The summed E-state index contributed by atoms with van der Waals surface area (Å²) in [6.07, 6.45) is 12.0. The van der Waals surface area contributed by atoms with Gasteiger partial charge in [-0.25, -0.2) is 0 Å². The predicted octanol–water partition coefficient (Wildman–Crippen LogP) is 0.979. The molecule has 3 saturated heterocycles. The minimum atomic E-state index is 0. The SMILES string of the molecule is C1COCCO1.C1COCCO1.C1COCCO1.[CH2][CH][CH2].[CH2][CH][CH2].[CH2][CH][CH2].[CH2][CH][CH2].[CH2][CH][CH2].[CH2][CH][CH2].[CH2][CH][CH2].[CH2][CH][CH2].[Li+].[Li+].[Nd+3].[Nd+3]. The summed E-state index contributed by atoms with van der Waals surface area (Å²) in [6, 6.07) is 0. The average molecular weight is 895 g/mol. The second-order valence-corrected chi connectivity index (χ2v) is 5.98. The Kier molecular flexibility index (Phi) is 226. The molecule has 0 aromatic carbocycles. The predicted molar refractivity (Wildman–Crippen MR) is 185 cm³/mol. The topological polar surface area (TPSA) is 55.4 Å². The minimum Gasteiger partial charge on any atom is -0.377 e. The first-order chi connectivity index (χ1) is 20.3. The van der Waals surface area contributed by atoms with E-state index in [0.29, 0.717) is 0 Å². The van der Waals surface area contributed by atoms with Crippen LogP contribution >= 0.6 is 0 Å². The van der Waals surface area contributed by atoms with E-state index in [0.717, 1.165) is 79.3 Å². The van der Waals surface area contributed by atoms with Crippen LogP contribution in [0.25, 0.3) is 0 Å². The molecule has 46 heavy (non-hydrogen) atoms. The molecule has 0 atom stereocenters. The molecule has 3 aliphatic rings. The molecule has 0 aromatic rings. The third-order valence-corrected chi connectivity index (χ3v) is 2.23. The van der Waals surface area contributed by atoms with Gasteiger partial charge in [0, 0.05) is 0 Å². The Labute approximate surface area is 384 Å². The fourth-order valence-electron chi connectivity index (χ4n) is 1.32. The molecule has 6 nitrogen and oxygen atoms in total. The van der Waals surface area contributed by atoms with Gasteiger partial charge in [0.2, 0.25) is 0 Å². The van der Waals surface area contributed by atoms with E-state index in [4.69, 9.17) is 28.4 Å². The Bertz CT molecular complexity index is 194. The maximum atomic E-state index is 4.94. The fraction of sp³-hybridized carbons (Fsp3) is 0.333. The van der Waals surface area contributed by atoms with Crippen molar-refractivity contribution in [3.05, 3.63) is 162 Å². The first kappa shape index (κ1) is 82.9. The number of ether oxygens (including phenoxy) is 6. The monoisotopic (exact) mass is 890 g/mol. The van der Waals surface area contributed by atoms with Crippen LogP contribution in [0.1, 0.15) is 0 Å². The molecule has 0 unspecified atom stereocenters. The van der Waals surface area contributed by atoms with Crippen molar-refractivity contribution in [2.75, 3.05) is 79.3 Å². The molecule has 3 heterocycles. The van der Waals surface area contributed by atoms with Gasteiger partial charge in [0.05, 0.1) is 79.3 Å². The molecular weight excluding hydrogens is 831 g/mol. The summed E-state index contributed by atoms with van der Waals surface area (Å²) in [6.45, 7) is 61.3. The first-order valence-corrected chi connectivity index (χ1v) is 13.0. The average Bonchev–Trinajstić information content (AvgIpc) is 3.00. The number of hydrogen-bond donors (Lipinski definition) is 0. The van der Waals surface area contributed by atoms with Crippen LogP contribution in [-0.4, -0.2) is 79.3 Å². The molecule has 3 aliphatic heterocycles. The Balaban J connectivity index is -0.0000000280. The first-order valence-electron chi connectivity index (χ1n) is 13.0. The van der Waals surface area contributed by atoms with E-state index in [1.807, 2.05) is 0 Å². The largest absolute Gasteiger partial charge is 3.00 e. The van der Waals surface area contributed by atoms with Crippen molar-refractivity contribution in [1.82, 2.24) is 0 Å². The molecule has 10 heteroatoms. The zero-order valence-corrected chi connectivity index (χ0v) is 36.3. The third-order valence-electron chi connectivity index (χ3n) is 2.23. The molecule has 0 saturated carbocycles. The third kappa shape index (κ3) is 221. The summed E-state index contributed by atoms with van der Waals surface area (Å²) in [7, 11) is 0. The van der Waals surface area contributed by atoms with Crippen LogP contribution in [0.5, 0.6) is 0 Å². The van der Waals surface area contributed by atoms with Crippen molar-refractivity contribution < 1.29 is 148 Å². The second kappa shape index (κ2) is 126. The van der Waals surface area contributed by atoms with Crippen molar-refractivity contribution in [2.24, 2.45) is 0 Å². The maximum absolute atomic E-state index is 4.94. The molecule has 3 rings (SSSR count). The smallest absolute Gasteiger partial charge is 0.377 e. The Morgan fingerprint density at radius 3 is 0.283 bits per heavy atom. The van der Waals surface area contributed by atoms with Crippen LogP contribution in [-0.2, 0) is 28.4 Å². The van der Waals surface area contributed by atoms with Gasteiger partial charge >= 0.3 is 119 Å². The molecule has 0 spiro atoms. The molecule has 246 valence electrons. The van der Waals surface area contributed by atoms with Crippen LogP contribution in [0, 0.1) is 244 Å². The van der Waals surface area contributed by atoms with Crippen molar-refractivity contribution in [1.29, 1.82) is 0 Å². The molecular formula is C36H64Li2Nd2O6+8. The quantitative estimate of drug-likeness (QED) is 0.339. The Morgan fingerprint density at radius 1 is 0.217 bits per heavy atom. The van der Waals surface area contributed by atoms with E-state index in [1.54, 1.807) is 0 Å². The molecule has 26 radical (unpaired) electrons. The van der Waals surface area contributed by atoms with Gasteiger partial charge in [0.15, 0.2) is 0 Å². The van der Waals surface area contributed by atoms with Gasteiger partial charge in [-0.05, 0) is 162 Å². The Hall–Kier alpha value is 3.66. The minimum absolute atomic E-state index is 0. The summed E-state index contributed by atoms with van der Waals surface area (Å²) in [4.78, 5) is 0. The van der Waals surface area contributed by atoms with Crippen molar-refractivity contribution >= 4 is 0 Å². The van der Waals surface area contributed by atoms with Gasteiger partial charge in [-0.1, -0.05) is 0 Å². The molecule has 3 fully saturated rings. The molecule has 0 N–H and O–H groups in total. The van der Waals surface area contributed by atoms with Gasteiger partial charge in [0.25, 0.3) is 0 Å². The van der Waals surface area contributed by atoms with Crippen molar-refractivity contribution in [2.45, 2.75) is 0 Å². The van der Waals surface area contributed by atoms with E-state index in [-0.39, 0.29) is 119 Å². The van der Waals surface area contributed by atoms with Gasteiger partial charge in [0.1, 0.15) is 0 Å². The summed E-state index contributed by atoms with van der Waals surface area (Å²) >= 11 is 0. The van der Waals surface area contributed by atoms with E-state index < -0.39 is 0 Å². The van der Waals surface area contributed by atoms with Crippen LogP contribution < -0.4 is 37.7 Å². The summed E-state index contributed by atoms with van der Waals surface area (Å²) in [5, 5.41) is 0. The van der Waals surface area contributed by atoms with Crippen molar-refractivity contribution in [3.8, 4) is 0 Å². The van der Waals surface area contributed by atoms with E-state index in [1.165, 1.54) is 51.4 Å². The van der Waals surface area contributed by atoms with Crippen LogP contribution in [0.3, 0.4) is 0 Å². The van der Waals surface area contributed by atoms with Gasteiger partial charge in [-0.2, -0.15) is 0 Å². The molecule has 0 aliphatic carbocycles. The summed E-state index contributed by atoms with van der Waals surface area (Å²) < 4.78 is 29.7. The van der Waals surface area contributed by atoms with E-state index in [9.17, 15) is 0 Å². The molecule has 0 bridgehead atoms. The zero-order chi connectivity index (χ0) is 34.4. The van der Waals surface area contributed by atoms with Crippen LogP contribution in [0.2, 0.25) is 0 Å². The van der Waals surface area contributed by atoms with E-state index in [2.05, 4.69) is 111 Å². The molecule has 0 aromatic heterocycles. The number of hydrogen-bond acceptors (Lipinski definition) is 6. The fourth-order valence-corrected chi connectivity index (χ4v) is 1.32. The van der Waals surface area contributed by atoms with Gasteiger partial charge < -0.3 is 28.4 Å². The maximum Gasteiger partial charge on any atom is 3.00 e.